The number of nitrogens with zero attached hydrogens (tertiary/aromatic N) is 2. The molecular formula is C18H14N4O2. The smallest absolute Gasteiger partial charge is 0.268 e. The molecule has 24 heavy (non-hydrogen) atoms. The molecule has 0 bridgehead atoms. The van der Waals surface area contributed by atoms with Crippen molar-refractivity contribution in [2.75, 3.05) is 0 Å². The van der Waals surface area contributed by atoms with E-state index >= 15 is 0 Å². The first-order valence-corrected chi connectivity index (χ1v) is 7.47. The molecule has 6 heteroatoms. The molecule has 0 aliphatic rings. The number of fused-ring (bicyclic) bond motifs is 2. The molecule has 0 saturated heterocycles. The van der Waals surface area contributed by atoms with E-state index in [9.17, 15) is 9.59 Å². The minimum Gasteiger partial charge on any atom is -0.268 e. The molecule has 0 fully saturated rings. The molecule has 4 aromatic rings. The summed E-state index contributed by atoms with van der Waals surface area (Å²) in [7, 11) is 0. The van der Waals surface area contributed by atoms with E-state index in [-0.39, 0.29) is 0 Å². The zero-order valence-corrected chi connectivity index (χ0v) is 12.6. The SMILES string of the molecule is O=C(NNC(=O)n1ccc2ccccc21)n1ccc2ccccc21. The van der Waals surface area contributed by atoms with Crippen molar-refractivity contribution in [3.05, 3.63) is 73.1 Å². The standard InChI is InChI=1S/C18H14N4O2/c23-17(21-11-9-13-5-1-3-7-15(13)21)19-20-18(24)22-12-10-14-6-2-4-8-16(14)22/h1-12H,(H,19,23)(H,20,24). The van der Waals surface area contributed by atoms with E-state index in [1.807, 2.05) is 60.7 Å². The van der Waals surface area contributed by atoms with E-state index in [2.05, 4.69) is 10.9 Å². The zero-order chi connectivity index (χ0) is 16.5. The number of nitrogens with one attached hydrogen (secondary N) is 2. The fourth-order valence-electron chi connectivity index (χ4n) is 2.75. The van der Waals surface area contributed by atoms with Gasteiger partial charge in [-0.3, -0.25) is 9.13 Å². The lowest BCUT2D eigenvalue weighted by molar-refractivity contribution is 0.227. The molecule has 0 spiro atoms. The van der Waals surface area contributed by atoms with E-state index in [1.165, 1.54) is 9.13 Å². The maximum atomic E-state index is 12.3. The van der Waals surface area contributed by atoms with Gasteiger partial charge in [0.25, 0.3) is 0 Å². The Bertz CT molecular complexity index is 975. The quantitative estimate of drug-likeness (QED) is 0.488. The number of carbonyl (C=O) groups is 2. The summed E-state index contributed by atoms with van der Waals surface area (Å²) in [5.74, 6) is 0. The first-order valence-electron chi connectivity index (χ1n) is 7.47. The summed E-state index contributed by atoms with van der Waals surface area (Å²) in [6.45, 7) is 0. The van der Waals surface area contributed by atoms with Crippen LogP contribution in [0.5, 0.6) is 0 Å². The zero-order valence-electron chi connectivity index (χ0n) is 12.6. The molecule has 0 atom stereocenters. The van der Waals surface area contributed by atoms with Gasteiger partial charge in [0.2, 0.25) is 0 Å². The molecular weight excluding hydrogens is 304 g/mol. The number of para-hydroxylation sites is 2. The third-order valence-electron chi connectivity index (χ3n) is 3.91. The molecule has 6 nitrogen and oxygen atoms in total. The number of benzene rings is 2. The van der Waals surface area contributed by atoms with Crippen LogP contribution in [0.4, 0.5) is 9.59 Å². The van der Waals surface area contributed by atoms with E-state index < -0.39 is 12.1 Å². The number of hydrogen-bond acceptors (Lipinski definition) is 2. The Morgan fingerprint density at radius 3 is 1.50 bits per heavy atom. The molecule has 0 radical (unpaired) electrons. The number of rotatable bonds is 0. The predicted molar refractivity (Wildman–Crippen MR) is 91.7 cm³/mol. The first kappa shape index (κ1) is 14.1. The van der Waals surface area contributed by atoms with Gasteiger partial charge in [0.05, 0.1) is 11.0 Å². The van der Waals surface area contributed by atoms with Gasteiger partial charge in [0.15, 0.2) is 0 Å². The summed E-state index contributed by atoms with van der Waals surface area (Å²) in [6.07, 6.45) is 3.33. The van der Waals surface area contributed by atoms with Crippen molar-refractivity contribution in [2.24, 2.45) is 0 Å². The molecule has 4 rings (SSSR count). The number of hydrazine groups is 1. The van der Waals surface area contributed by atoms with Gasteiger partial charge in [-0.15, -0.1) is 0 Å². The lowest BCUT2D eigenvalue weighted by Crippen LogP contribution is -2.45. The van der Waals surface area contributed by atoms with E-state index in [0.717, 1.165) is 21.8 Å². The van der Waals surface area contributed by atoms with Crippen LogP contribution in [0.3, 0.4) is 0 Å². The van der Waals surface area contributed by atoms with Gasteiger partial charge < -0.3 is 0 Å². The number of aromatic nitrogens is 2. The van der Waals surface area contributed by atoms with Crippen LogP contribution < -0.4 is 10.9 Å². The molecule has 2 heterocycles. The molecule has 2 amide bonds. The third kappa shape index (κ3) is 2.30. The highest BCUT2D eigenvalue weighted by atomic mass is 16.2. The van der Waals surface area contributed by atoms with Crippen LogP contribution in [0.2, 0.25) is 0 Å². The molecule has 0 saturated carbocycles. The lowest BCUT2D eigenvalue weighted by Gasteiger charge is -2.10. The van der Waals surface area contributed by atoms with Crippen molar-refractivity contribution < 1.29 is 9.59 Å². The maximum Gasteiger partial charge on any atom is 0.344 e. The van der Waals surface area contributed by atoms with Crippen molar-refractivity contribution in [1.82, 2.24) is 20.0 Å². The van der Waals surface area contributed by atoms with Gasteiger partial charge >= 0.3 is 12.1 Å². The van der Waals surface area contributed by atoms with Crippen molar-refractivity contribution in [1.29, 1.82) is 0 Å². The largest absolute Gasteiger partial charge is 0.344 e. The van der Waals surface area contributed by atoms with Gasteiger partial charge in [-0.1, -0.05) is 36.4 Å². The minimum absolute atomic E-state index is 0.430. The van der Waals surface area contributed by atoms with Crippen LogP contribution in [0.25, 0.3) is 21.8 Å². The van der Waals surface area contributed by atoms with Crippen LogP contribution in [0.1, 0.15) is 0 Å². The van der Waals surface area contributed by atoms with Gasteiger partial charge in [-0.2, -0.15) is 0 Å². The van der Waals surface area contributed by atoms with Crippen LogP contribution >= 0.6 is 0 Å². The highest BCUT2D eigenvalue weighted by molar-refractivity contribution is 5.94. The normalized spacial score (nSPS) is 10.8. The van der Waals surface area contributed by atoms with Crippen LogP contribution in [0.15, 0.2) is 73.1 Å². The van der Waals surface area contributed by atoms with Crippen molar-refractivity contribution in [2.45, 2.75) is 0 Å². The van der Waals surface area contributed by atoms with E-state index in [1.54, 1.807) is 12.4 Å². The summed E-state index contributed by atoms with van der Waals surface area (Å²) in [4.78, 5) is 24.6. The molecule has 0 aliphatic heterocycles. The predicted octanol–water partition coefficient (Wildman–Crippen LogP) is 3.33. The molecule has 2 aromatic carbocycles. The summed E-state index contributed by atoms with van der Waals surface area (Å²) >= 11 is 0. The Labute approximate surface area is 137 Å². The Hall–Kier alpha value is -3.54. The Kier molecular flexibility index (Phi) is 3.28. The molecule has 118 valence electrons. The second-order valence-electron chi connectivity index (χ2n) is 5.35. The van der Waals surface area contributed by atoms with Crippen molar-refractivity contribution in [3.8, 4) is 0 Å². The van der Waals surface area contributed by atoms with Gasteiger partial charge in [-0.05, 0) is 24.3 Å². The molecule has 2 aromatic heterocycles. The topological polar surface area (TPSA) is 68.1 Å². The van der Waals surface area contributed by atoms with Crippen LogP contribution in [0, 0.1) is 0 Å². The van der Waals surface area contributed by atoms with Gasteiger partial charge in [-0.25, -0.2) is 20.4 Å². The third-order valence-corrected chi connectivity index (χ3v) is 3.91. The summed E-state index contributed by atoms with van der Waals surface area (Å²) in [6, 6.07) is 17.9. The Balaban J connectivity index is 1.52. The van der Waals surface area contributed by atoms with Gasteiger partial charge in [0, 0.05) is 23.2 Å². The first-order chi connectivity index (χ1) is 11.7. The van der Waals surface area contributed by atoms with E-state index in [4.69, 9.17) is 0 Å². The highest BCUT2D eigenvalue weighted by Gasteiger charge is 2.11. The average Bonchev–Trinajstić information content (AvgIpc) is 3.23. The van der Waals surface area contributed by atoms with Crippen molar-refractivity contribution in [3.63, 3.8) is 0 Å². The highest BCUT2D eigenvalue weighted by Crippen LogP contribution is 2.15. The summed E-state index contributed by atoms with van der Waals surface area (Å²) in [5, 5.41) is 1.91. The monoisotopic (exact) mass is 318 g/mol. The van der Waals surface area contributed by atoms with E-state index in [0.29, 0.717) is 0 Å². The fraction of sp³-hybridized carbons (Fsp3) is 0. The minimum atomic E-state index is -0.430. The average molecular weight is 318 g/mol. The number of amides is 2. The Morgan fingerprint density at radius 1 is 0.625 bits per heavy atom. The fourth-order valence-corrected chi connectivity index (χ4v) is 2.75. The number of hydrogen-bond donors (Lipinski definition) is 2. The van der Waals surface area contributed by atoms with Crippen molar-refractivity contribution >= 4 is 33.9 Å². The van der Waals surface area contributed by atoms with Crippen LogP contribution in [-0.4, -0.2) is 21.2 Å². The molecule has 2 N–H and O–H groups in total. The Morgan fingerprint density at radius 2 is 1.04 bits per heavy atom. The second kappa shape index (κ2) is 5.58. The second-order valence-corrected chi connectivity index (χ2v) is 5.35. The maximum absolute atomic E-state index is 12.3. The summed E-state index contributed by atoms with van der Waals surface area (Å²) < 4.78 is 2.90. The van der Waals surface area contributed by atoms with Gasteiger partial charge in [0.1, 0.15) is 0 Å². The molecule has 0 unspecified atom stereocenters. The molecule has 0 aliphatic carbocycles. The number of carbonyl (C=O) groups excluding carboxylic acids is 2. The van der Waals surface area contributed by atoms with Crippen LogP contribution in [-0.2, 0) is 0 Å². The summed E-state index contributed by atoms with van der Waals surface area (Å²) in [5.41, 5.74) is 6.41. The lowest BCUT2D eigenvalue weighted by atomic mass is 10.2.